The van der Waals surface area contributed by atoms with E-state index in [1.54, 1.807) is 13.8 Å². The summed E-state index contributed by atoms with van der Waals surface area (Å²) in [5.41, 5.74) is 0. The quantitative estimate of drug-likeness (QED) is 0.315. The summed E-state index contributed by atoms with van der Waals surface area (Å²) >= 11 is 1.45. The Kier molecular flexibility index (Phi) is 12.4. The molecule has 0 fully saturated rings. The van der Waals surface area contributed by atoms with Gasteiger partial charge < -0.3 is 19.3 Å². The fourth-order valence-corrected chi connectivity index (χ4v) is 2.45. The van der Waals surface area contributed by atoms with Gasteiger partial charge in [-0.15, -0.1) is 0 Å². The summed E-state index contributed by atoms with van der Waals surface area (Å²) in [6.45, 7) is 4.97. The normalized spacial score (nSPS) is 14.4. The molecule has 3 atom stereocenters. The van der Waals surface area contributed by atoms with Crippen molar-refractivity contribution in [2.24, 2.45) is 11.8 Å². The van der Waals surface area contributed by atoms with Crippen LogP contribution >= 0.6 is 11.8 Å². The van der Waals surface area contributed by atoms with E-state index in [1.807, 2.05) is 6.92 Å². The van der Waals surface area contributed by atoms with Gasteiger partial charge in [0.25, 0.3) is 0 Å². The molecule has 140 valence electrons. The Hall–Kier alpha value is -1.28. The number of carbonyl (C=O) groups is 3. The van der Waals surface area contributed by atoms with E-state index in [4.69, 9.17) is 9.47 Å². The minimum absolute atomic E-state index is 0.179. The van der Waals surface area contributed by atoms with E-state index in [0.717, 1.165) is 0 Å². The van der Waals surface area contributed by atoms with E-state index in [2.05, 4.69) is 4.74 Å². The van der Waals surface area contributed by atoms with Crippen LogP contribution in [0.3, 0.4) is 0 Å². The second kappa shape index (κ2) is 13.1. The van der Waals surface area contributed by atoms with Crippen molar-refractivity contribution in [2.75, 3.05) is 31.8 Å². The third-order valence-electron chi connectivity index (χ3n) is 3.29. The summed E-state index contributed by atoms with van der Waals surface area (Å²) in [5, 5.41) is 9.62. The number of aliphatic hydroxyl groups excluding tert-OH is 1. The third kappa shape index (κ3) is 10.5. The average Bonchev–Trinajstić information content (AvgIpc) is 2.59. The highest BCUT2D eigenvalue weighted by Crippen LogP contribution is 2.11. The number of ether oxygens (including phenoxy) is 3. The Morgan fingerprint density at radius 1 is 1.04 bits per heavy atom. The first-order valence-corrected chi connectivity index (χ1v) is 9.13. The van der Waals surface area contributed by atoms with Crippen LogP contribution in [0.5, 0.6) is 0 Å². The maximum Gasteiger partial charge on any atom is 0.309 e. The van der Waals surface area contributed by atoms with Gasteiger partial charge in [-0.1, -0.05) is 20.8 Å². The number of aliphatic hydroxyl groups is 1. The van der Waals surface area contributed by atoms with Crippen molar-refractivity contribution in [1.82, 2.24) is 0 Å². The second-order valence-corrected chi connectivity index (χ2v) is 6.68. The summed E-state index contributed by atoms with van der Waals surface area (Å²) in [6, 6.07) is 0. The Labute approximate surface area is 147 Å². The van der Waals surface area contributed by atoms with Crippen molar-refractivity contribution < 1.29 is 33.7 Å². The molecule has 8 heteroatoms. The molecule has 0 rings (SSSR count). The van der Waals surface area contributed by atoms with Gasteiger partial charge in [0.15, 0.2) is 0 Å². The number of carbonyl (C=O) groups excluding carboxylic acids is 3. The summed E-state index contributed by atoms with van der Waals surface area (Å²) in [5.74, 6) is -0.463. The predicted octanol–water partition coefficient (Wildman–Crippen LogP) is 1.41. The molecule has 0 aliphatic heterocycles. The minimum Gasteiger partial charge on any atom is -0.469 e. The lowest BCUT2D eigenvalue weighted by molar-refractivity contribution is -0.154. The van der Waals surface area contributed by atoms with E-state index >= 15 is 0 Å². The smallest absolute Gasteiger partial charge is 0.309 e. The maximum atomic E-state index is 11.5. The van der Waals surface area contributed by atoms with Crippen molar-refractivity contribution in [3.8, 4) is 0 Å². The Morgan fingerprint density at radius 3 is 2.25 bits per heavy atom. The number of thioether (sulfide) groups is 1. The van der Waals surface area contributed by atoms with E-state index in [-0.39, 0.29) is 43.4 Å². The second-order valence-electron chi connectivity index (χ2n) is 5.53. The van der Waals surface area contributed by atoms with Crippen molar-refractivity contribution >= 4 is 29.7 Å². The molecule has 24 heavy (non-hydrogen) atoms. The number of hydrogen-bond acceptors (Lipinski definition) is 8. The molecule has 0 aliphatic rings. The van der Waals surface area contributed by atoms with Gasteiger partial charge in [-0.05, 0) is 6.42 Å². The molecule has 3 unspecified atom stereocenters. The van der Waals surface area contributed by atoms with Crippen LogP contribution in [0.2, 0.25) is 0 Å². The fourth-order valence-electron chi connectivity index (χ4n) is 1.48. The molecule has 0 amide bonds. The Morgan fingerprint density at radius 2 is 1.67 bits per heavy atom. The van der Waals surface area contributed by atoms with Gasteiger partial charge in [0.2, 0.25) is 0 Å². The van der Waals surface area contributed by atoms with Gasteiger partial charge in [-0.25, -0.2) is 0 Å². The number of methoxy groups -OCH3 is 1. The van der Waals surface area contributed by atoms with Gasteiger partial charge in [0.1, 0.15) is 19.3 Å². The topological polar surface area (TPSA) is 99.1 Å². The van der Waals surface area contributed by atoms with Crippen LogP contribution in [0, 0.1) is 11.8 Å². The van der Waals surface area contributed by atoms with Crippen molar-refractivity contribution in [2.45, 2.75) is 39.7 Å². The molecule has 0 spiro atoms. The first-order chi connectivity index (χ1) is 11.3. The van der Waals surface area contributed by atoms with E-state index in [1.165, 1.54) is 18.9 Å². The number of hydrogen-bond donors (Lipinski definition) is 1. The van der Waals surface area contributed by atoms with Crippen LogP contribution < -0.4 is 0 Å². The summed E-state index contributed by atoms with van der Waals surface area (Å²) in [6.07, 6.45) is -0.192. The highest BCUT2D eigenvalue weighted by molar-refractivity contribution is 7.99. The van der Waals surface area contributed by atoms with Crippen molar-refractivity contribution in [3.05, 3.63) is 0 Å². The standard InChI is InChI=1S/C16H28O7S/c1-5-11(2)16(20)23-9-13(17)8-22-14(18)6-7-24-10-12(3)15(19)21-4/h11-13,17H,5-10H2,1-4H3. The molecular weight excluding hydrogens is 336 g/mol. The van der Waals surface area contributed by atoms with Crippen molar-refractivity contribution in [1.29, 1.82) is 0 Å². The van der Waals surface area contributed by atoms with Crippen LogP contribution in [0.25, 0.3) is 0 Å². The fraction of sp³-hybridized carbons (Fsp3) is 0.812. The largest absolute Gasteiger partial charge is 0.469 e. The molecule has 0 aliphatic carbocycles. The van der Waals surface area contributed by atoms with Crippen LogP contribution in [0.1, 0.15) is 33.6 Å². The van der Waals surface area contributed by atoms with Gasteiger partial charge in [-0.2, -0.15) is 11.8 Å². The van der Waals surface area contributed by atoms with Gasteiger partial charge in [0.05, 0.1) is 25.4 Å². The summed E-state index contributed by atoms with van der Waals surface area (Å²) < 4.78 is 14.4. The predicted molar refractivity (Wildman–Crippen MR) is 90.5 cm³/mol. The van der Waals surface area contributed by atoms with Gasteiger partial charge in [0, 0.05) is 11.5 Å². The Bertz CT molecular complexity index is 400. The maximum absolute atomic E-state index is 11.5. The third-order valence-corrected chi connectivity index (χ3v) is 4.52. The molecule has 0 bridgehead atoms. The molecular formula is C16H28O7S. The van der Waals surface area contributed by atoms with E-state index in [0.29, 0.717) is 17.9 Å². The SMILES string of the molecule is CCC(C)C(=O)OCC(O)COC(=O)CCSCC(C)C(=O)OC. The monoisotopic (exact) mass is 364 g/mol. The molecule has 0 radical (unpaired) electrons. The first kappa shape index (κ1) is 22.7. The first-order valence-electron chi connectivity index (χ1n) is 7.97. The van der Waals surface area contributed by atoms with Crippen LogP contribution in [-0.2, 0) is 28.6 Å². The van der Waals surface area contributed by atoms with Crippen LogP contribution in [0.15, 0.2) is 0 Å². The minimum atomic E-state index is -1.03. The van der Waals surface area contributed by atoms with Crippen LogP contribution in [0.4, 0.5) is 0 Å². The van der Waals surface area contributed by atoms with Crippen LogP contribution in [-0.4, -0.2) is 60.9 Å². The Balaban J connectivity index is 3.74. The molecule has 0 saturated heterocycles. The number of rotatable bonds is 12. The highest BCUT2D eigenvalue weighted by atomic mass is 32.2. The number of esters is 3. The molecule has 0 heterocycles. The van der Waals surface area contributed by atoms with E-state index in [9.17, 15) is 19.5 Å². The van der Waals surface area contributed by atoms with Gasteiger partial charge in [-0.3, -0.25) is 14.4 Å². The zero-order valence-corrected chi connectivity index (χ0v) is 15.6. The lowest BCUT2D eigenvalue weighted by Crippen LogP contribution is -2.27. The molecule has 7 nitrogen and oxygen atoms in total. The molecule has 1 N–H and O–H groups in total. The zero-order chi connectivity index (χ0) is 18.5. The molecule has 0 aromatic heterocycles. The summed E-state index contributed by atoms with van der Waals surface area (Å²) in [4.78, 5) is 34.2. The average molecular weight is 364 g/mol. The lowest BCUT2D eigenvalue weighted by atomic mass is 10.1. The molecule has 0 aromatic carbocycles. The van der Waals surface area contributed by atoms with Gasteiger partial charge >= 0.3 is 17.9 Å². The lowest BCUT2D eigenvalue weighted by Gasteiger charge is -2.14. The van der Waals surface area contributed by atoms with E-state index < -0.39 is 12.1 Å². The molecule has 0 aromatic rings. The molecule has 0 saturated carbocycles. The summed E-state index contributed by atoms with van der Waals surface area (Å²) in [7, 11) is 1.34. The highest BCUT2D eigenvalue weighted by Gasteiger charge is 2.16. The zero-order valence-electron chi connectivity index (χ0n) is 14.8. The van der Waals surface area contributed by atoms with Crippen molar-refractivity contribution in [3.63, 3.8) is 0 Å².